The summed E-state index contributed by atoms with van der Waals surface area (Å²) >= 11 is 0. The van der Waals surface area contributed by atoms with E-state index in [2.05, 4.69) is 0 Å². The van der Waals surface area contributed by atoms with Crippen molar-refractivity contribution in [3.8, 4) is 0 Å². The molecule has 0 spiro atoms. The molecule has 0 unspecified atom stereocenters. The second kappa shape index (κ2) is 4.12. The number of rotatable bonds is 4. The number of carbonyl (C=O) groups is 1. The summed E-state index contributed by atoms with van der Waals surface area (Å²) in [5.74, 6) is -1.19. The second-order valence-corrected chi connectivity index (χ2v) is 4.29. The van der Waals surface area contributed by atoms with E-state index < -0.39 is 11.8 Å². The molecule has 0 aliphatic heterocycles. The van der Waals surface area contributed by atoms with Crippen LogP contribution in [0.3, 0.4) is 0 Å². The van der Waals surface area contributed by atoms with Crippen LogP contribution in [0.2, 0.25) is 0 Å². The summed E-state index contributed by atoms with van der Waals surface area (Å²) < 4.78 is 13.4. The van der Waals surface area contributed by atoms with E-state index in [1.54, 1.807) is 6.07 Å². The standard InChI is InChI=1S/C12H14FNO2/c1-14(7-8-2-3-8)9-4-5-10(12(15)16)11(13)6-9/h4-6,8H,2-3,7H2,1H3,(H,15,16). The van der Waals surface area contributed by atoms with Crippen LogP contribution in [-0.4, -0.2) is 24.7 Å². The van der Waals surface area contributed by atoms with Gasteiger partial charge in [0, 0.05) is 19.3 Å². The lowest BCUT2D eigenvalue weighted by Gasteiger charge is -2.19. The third-order valence-electron chi connectivity index (χ3n) is 2.85. The molecule has 1 aliphatic carbocycles. The fraction of sp³-hybridized carbons (Fsp3) is 0.417. The number of nitrogens with zero attached hydrogens (tertiary/aromatic N) is 1. The maximum absolute atomic E-state index is 13.4. The Morgan fingerprint density at radius 2 is 2.25 bits per heavy atom. The van der Waals surface area contributed by atoms with Crippen molar-refractivity contribution in [1.82, 2.24) is 0 Å². The Morgan fingerprint density at radius 1 is 1.56 bits per heavy atom. The van der Waals surface area contributed by atoms with Crippen LogP contribution in [0.1, 0.15) is 23.2 Å². The van der Waals surface area contributed by atoms with Crippen LogP contribution in [0, 0.1) is 11.7 Å². The first kappa shape index (κ1) is 10.9. The molecule has 0 heterocycles. The van der Waals surface area contributed by atoms with Gasteiger partial charge in [-0.25, -0.2) is 9.18 Å². The Hall–Kier alpha value is -1.58. The number of carboxylic acid groups (broad SMARTS) is 1. The zero-order valence-corrected chi connectivity index (χ0v) is 9.11. The van der Waals surface area contributed by atoms with Crippen molar-refractivity contribution in [1.29, 1.82) is 0 Å². The van der Waals surface area contributed by atoms with Gasteiger partial charge in [0.15, 0.2) is 0 Å². The molecule has 0 aromatic heterocycles. The summed E-state index contributed by atoms with van der Waals surface area (Å²) in [7, 11) is 1.90. The van der Waals surface area contributed by atoms with Crippen LogP contribution in [0.4, 0.5) is 10.1 Å². The van der Waals surface area contributed by atoms with Crippen molar-refractivity contribution in [3.63, 3.8) is 0 Å². The molecule has 1 N–H and O–H groups in total. The Morgan fingerprint density at radius 3 is 2.75 bits per heavy atom. The molecule has 0 amide bonds. The average Bonchev–Trinajstić information content (AvgIpc) is 3.00. The maximum Gasteiger partial charge on any atom is 0.338 e. The fourth-order valence-corrected chi connectivity index (χ4v) is 1.71. The van der Waals surface area contributed by atoms with E-state index >= 15 is 0 Å². The highest BCUT2D eigenvalue weighted by atomic mass is 19.1. The number of carboxylic acids is 1. The fourth-order valence-electron chi connectivity index (χ4n) is 1.71. The van der Waals surface area contributed by atoms with Crippen LogP contribution < -0.4 is 4.90 Å². The van der Waals surface area contributed by atoms with Crippen LogP contribution in [0.5, 0.6) is 0 Å². The highest BCUT2D eigenvalue weighted by molar-refractivity contribution is 5.88. The first-order valence-corrected chi connectivity index (χ1v) is 5.32. The Kier molecular flexibility index (Phi) is 2.81. The molecule has 4 heteroatoms. The molecule has 1 saturated carbocycles. The summed E-state index contributed by atoms with van der Waals surface area (Å²) in [4.78, 5) is 12.6. The predicted molar refractivity (Wildman–Crippen MR) is 59.4 cm³/mol. The summed E-state index contributed by atoms with van der Waals surface area (Å²) in [6.07, 6.45) is 2.47. The summed E-state index contributed by atoms with van der Waals surface area (Å²) in [5, 5.41) is 8.70. The van der Waals surface area contributed by atoms with Crippen LogP contribution >= 0.6 is 0 Å². The molecule has 0 saturated heterocycles. The number of benzene rings is 1. The normalized spacial score (nSPS) is 14.9. The van der Waals surface area contributed by atoms with Gasteiger partial charge in [-0.2, -0.15) is 0 Å². The van der Waals surface area contributed by atoms with E-state index in [0.717, 1.165) is 12.2 Å². The minimum absolute atomic E-state index is 0.274. The van der Waals surface area contributed by atoms with Crippen molar-refractivity contribution in [3.05, 3.63) is 29.6 Å². The average molecular weight is 223 g/mol. The van der Waals surface area contributed by atoms with E-state index in [-0.39, 0.29) is 5.56 Å². The third-order valence-corrected chi connectivity index (χ3v) is 2.85. The summed E-state index contributed by atoms with van der Waals surface area (Å²) in [5.41, 5.74) is 0.456. The van der Waals surface area contributed by atoms with Crippen molar-refractivity contribution >= 4 is 11.7 Å². The van der Waals surface area contributed by atoms with E-state index in [9.17, 15) is 9.18 Å². The Balaban J connectivity index is 2.15. The predicted octanol–water partition coefficient (Wildman–Crippen LogP) is 2.37. The summed E-state index contributed by atoms with van der Waals surface area (Å²) in [6, 6.07) is 4.25. The van der Waals surface area contributed by atoms with Gasteiger partial charge >= 0.3 is 5.97 Å². The molecule has 1 aromatic carbocycles. The molecular formula is C12H14FNO2. The van der Waals surface area contributed by atoms with E-state index in [4.69, 9.17) is 5.11 Å². The number of hydrogen-bond donors (Lipinski definition) is 1. The van der Waals surface area contributed by atoms with Crippen molar-refractivity contribution in [2.45, 2.75) is 12.8 Å². The van der Waals surface area contributed by atoms with Crippen molar-refractivity contribution in [2.75, 3.05) is 18.5 Å². The molecule has 1 aliphatic rings. The molecule has 16 heavy (non-hydrogen) atoms. The lowest BCUT2D eigenvalue weighted by atomic mass is 10.2. The largest absolute Gasteiger partial charge is 0.478 e. The van der Waals surface area contributed by atoms with Gasteiger partial charge < -0.3 is 10.0 Å². The number of aromatic carboxylic acids is 1. The monoisotopic (exact) mass is 223 g/mol. The molecule has 0 radical (unpaired) electrons. The molecule has 2 rings (SSSR count). The van der Waals surface area contributed by atoms with E-state index in [1.165, 1.54) is 25.0 Å². The topological polar surface area (TPSA) is 40.5 Å². The molecule has 1 fully saturated rings. The van der Waals surface area contributed by atoms with Crippen LogP contribution in [-0.2, 0) is 0 Å². The minimum atomic E-state index is -1.23. The lowest BCUT2D eigenvalue weighted by molar-refractivity contribution is 0.0692. The van der Waals surface area contributed by atoms with E-state index in [1.807, 2.05) is 11.9 Å². The molecular weight excluding hydrogens is 209 g/mol. The van der Waals surface area contributed by atoms with Gasteiger partial charge in [-0.3, -0.25) is 0 Å². The van der Waals surface area contributed by atoms with Crippen molar-refractivity contribution in [2.24, 2.45) is 5.92 Å². The van der Waals surface area contributed by atoms with Gasteiger partial charge in [0.25, 0.3) is 0 Å². The lowest BCUT2D eigenvalue weighted by Crippen LogP contribution is -2.20. The first-order valence-electron chi connectivity index (χ1n) is 5.32. The highest BCUT2D eigenvalue weighted by Gasteiger charge is 2.23. The minimum Gasteiger partial charge on any atom is -0.478 e. The number of anilines is 1. The zero-order chi connectivity index (χ0) is 11.7. The highest BCUT2D eigenvalue weighted by Crippen LogP contribution is 2.31. The van der Waals surface area contributed by atoms with Crippen LogP contribution in [0.25, 0.3) is 0 Å². The van der Waals surface area contributed by atoms with Crippen LogP contribution in [0.15, 0.2) is 18.2 Å². The molecule has 1 aromatic rings. The van der Waals surface area contributed by atoms with Gasteiger partial charge in [0.1, 0.15) is 5.82 Å². The number of halogens is 1. The zero-order valence-electron chi connectivity index (χ0n) is 9.11. The molecule has 0 bridgehead atoms. The van der Waals surface area contributed by atoms with Gasteiger partial charge in [-0.05, 0) is 37.0 Å². The van der Waals surface area contributed by atoms with Gasteiger partial charge in [0.2, 0.25) is 0 Å². The quantitative estimate of drug-likeness (QED) is 0.851. The second-order valence-electron chi connectivity index (χ2n) is 4.29. The Labute approximate surface area is 93.5 Å². The maximum atomic E-state index is 13.4. The van der Waals surface area contributed by atoms with Crippen molar-refractivity contribution < 1.29 is 14.3 Å². The van der Waals surface area contributed by atoms with Gasteiger partial charge in [-0.15, -0.1) is 0 Å². The smallest absolute Gasteiger partial charge is 0.338 e. The molecule has 86 valence electrons. The number of hydrogen-bond acceptors (Lipinski definition) is 2. The van der Waals surface area contributed by atoms with E-state index in [0.29, 0.717) is 5.92 Å². The first-order chi connectivity index (χ1) is 7.58. The molecule has 3 nitrogen and oxygen atoms in total. The molecule has 0 atom stereocenters. The Bertz CT molecular complexity index is 415. The van der Waals surface area contributed by atoms with Gasteiger partial charge in [-0.1, -0.05) is 0 Å². The third kappa shape index (κ3) is 2.32. The van der Waals surface area contributed by atoms with Gasteiger partial charge in [0.05, 0.1) is 5.56 Å². The SMILES string of the molecule is CN(CC1CC1)c1ccc(C(=O)O)c(F)c1. The summed E-state index contributed by atoms with van der Waals surface area (Å²) in [6.45, 7) is 0.909.